The molecule has 4 heterocycles. The Morgan fingerprint density at radius 2 is 2.27 bits per heavy atom. The van der Waals surface area contributed by atoms with Gasteiger partial charge in [-0.1, -0.05) is 0 Å². The molecule has 4 rings (SSSR count). The van der Waals surface area contributed by atoms with Crippen molar-refractivity contribution in [1.29, 1.82) is 0 Å². The molecule has 0 spiro atoms. The number of fused-ring (bicyclic) bond motifs is 1. The predicted molar refractivity (Wildman–Crippen MR) is 104 cm³/mol. The monoisotopic (exact) mass is 371 g/mol. The van der Waals surface area contributed by atoms with Crippen LogP contribution in [0.2, 0.25) is 0 Å². The molecule has 3 aliphatic heterocycles. The van der Waals surface area contributed by atoms with Crippen molar-refractivity contribution in [3.63, 3.8) is 0 Å². The molecular weight excluding hydrogens is 350 g/mol. The number of nitrogens with one attached hydrogen (secondary N) is 2. The Kier molecular flexibility index (Phi) is 5.00. The lowest BCUT2D eigenvalue weighted by molar-refractivity contribution is -0.114. The average molecular weight is 371 g/mol. The van der Waals surface area contributed by atoms with Crippen LogP contribution >= 0.6 is 11.8 Å². The minimum atomic E-state index is -0.270. The van der Waals surface area contributed by atoms with E-state index in [0.29, 0.717) is 11.7 Å². The van der Waals surface area contributed by atoms with Crippen LogP contribution in [0.5, 0.6) is 0 Å². The zero-order valence-electron chi connectivity index (χ0n) is 14.3. The van der Waals surface area contributed by atoms with E-state index in [4.69, 9.17) is 10.7 Å². The number of amidine groups is 1. The van der Waals surface area contributed by atoms with E-state index in [0.717, 1.165) is 48.3 Å². The Morgan fingerprint density at radius 3 is 3.08 bits per heavy atom. The molecule has 8 nitrogen and oxygen atoms in total. The molecule has 3 aliphatic rings. The second kappa shape index (κ2) is 7.56. The topological polar surface area (TPSA) is 108 Å². The van der Waals surface area contributed by atoms with Gasteiger partial charge in [0.1, 0.15) is 10.9 Å². The highest BCUT2D eigenvalue weighted by atomic mass is 32.2. The fraction of sp³-hybridized carbons (Fsp3) is 0.412. The molecule has 0 unspecified atom stereocenters. The maximum atomic E-state index is 11.5. The number of allylic oxidation sites excluding steroid dienone is 1. The van der Waals surface area contributed by atoms with E-state index in [9.17, 15) is 4.79 Å². The summed E-state index contributed by atoms with van der Waals surface area (Å²) in [6, 6.07) is 3.68. The largest absolute Gasteiger partial charge is 0.322 e. The average Bonchev–Trinajstić information content (AvgIpc) is 3.12. The summed E-state index contributed by atoms with van der Waals surface area (Å²) in [5.41, 5.74) is 7.42. The number of thioether (sulfide) groups is 1. The molecule has 1 amide bonds. The molecule has 0 aliphatic carbocycles. The van der Waals surface area contributed by atoms with Gasteiger partial charge >= 0.3 is 0 Å². The van der Waals surface area contributed by atoms with Crippen LogP contribution in [0.4, 0.5) is 5.82 Å². The van der Waals surface area contributed by atoms with E-state index < -0.39 is 0 Å². The fourth-order valence-electron chi connectivity index (χ4n) is 3.17. The third kappa shape index (κ3) is 3.64. The Bertz CT molecular complexity index is 798. The van der Waals surface area contributed by atoms with Crippen LogP contribution < -0.4 is 16.4 Å². The number of piperidine rings is 1. The van der Waals surface area contributed by atoms with E-state index >= 15 is 0 Å². The molecule has 9 heteroatoms. The normalized spacial score (nSPS) is 20.2. The van der Waals surface area contributed by atoms with Crippen LogP contribution in [0.15, 0.2) is 40.2 Å². The number of nitrogens with two attached hydrogens (primary N) is 1. The van der Waals surface area contributed by atoms with Crippen LogP contribution in [0.3, 0.4) is 0 Å². The number of amides is 1. The van der Waals surface area contributed by atoms with E-state index in [-0.39, 0.29) is 12.5 Å². The standard InChI is InChI=1S/C17H21N7OS/c18-10-15(25)22-14-9-12(3-7-20-14)16-23-24-8-4-13(21-17(24)26-16)11-1-5-19-6-2-11/h3-4,7,9,11,19H,1-2,5-6,8,10,18H2,(H,20,22,25). The maximum Gasteiger partial charge on any atom is 0.239 e. The smallest absolute Gasteiger partial charge is 0.239 e. The molecule has 1 fully saturated rings. The first-order chi connectivity index (χ1) is 12.7. The molecular formula is C17H21N7OS. The van der Waals surface area contributed by atoms with Crippen molar-refractivity contribution < 1.29 is 4.79 Å². The number of hydrogen-bond acceptors (Lipinski definition) is 8. The van der Waals surface area contributed by atoms with Gasteiger partial charge in [-0.15, -0.1) is 0 Å². The highest BCUT2D eigenvalue weighted by Gasteiger charge is 2.29. The molecule has 0 atom stereocenters. The van der Waals surface area contributed by atoms with Gasteiger partial charge in [-0.05, 0) is 55.9 Å². The van der Waals surface area contributed by atoms with E-state index in [1.165, 1.54) is 5.70 Å². The lowest BCUT2D eigenvalue weighted by atomic mass is 9.94. The van der Waals surface area contributed by atoms with Crippen LogP contribution in [-0.4, -0.2) is 52.3 Å². The maximum absolute atomic E-state index is 11.5. The second-order valence-electron chi connectivity index (χ2n) is 6.32. The van der Waals surface area contributed by atoms with Crippen molar-refractivity contribution >= 4 is 33.7 Å². The summed E-state index contributed by atoms with van der Waals surface area (Å²) in [4.78, 5) is 20.5. The molecule has 0 saturated carbocycles. The molecule has 26 heavy (non-hydrogen) atoms. The number of carbonyl (C=O) groups is 1. The van der Waals surface area contributed by atoms with Crippen molar-refractivity contribution in [2.24, 2.45) is 21.7 Å². The van der Waals surface area contributed by atoms with Crippen LogP contribution in [0, 0.1) is 5.92 Å². The number of aromatic nitrogens is 1. The van der Waals surface area contributed by atoms with Gasteiger partial charge in [0.15, 0.2) is 5.17 Å². The third-order valence-electron chi connectivity index (χ3n) is 4.54. The minimum absolute atomic E-state index is 0.0721. The highest BCUT2D eigenvalue weighted by Crippen LogP contribution is 2.32. The summed E-state index contributed by atoms with van der Waals surface area (Å²) >= 11 is 1.55. The van der Waals surface area contributed by atoms with Crippen LogP contribution in [0.1, 0.15) is 18.4 Å². The Labute approximate surface area is 156 Å². The summed E-state index contributed by atoms with van der Waals surface area (Å²) in [6.45, 7) is 2.79. The van der Waals surface area contributed by atoms with Gasteiger partial charge in [0, 0.05) is 23.4 Å². The van der Waals surface area contributed by atoms with Crippen molar-refractivity contribution in [3.8, 4) is 0 Å². The number of nitrogens with zero attached hydrogens (tertiary/aromatic N) is 4. The van der Waals surface area contributed by atoms with Gasteiger partial charge in [-0.25, -0.2) is 15.0 Å². The van der Waals surface area contributed by atoms with E-state index in [1.807, 2.05) is 11.1 Å². The minimum Gasteiger partial charge on any atom is -0.322 e. The van der Waals surface area contributed by atoms with Gasteiger partial charge in [-0.2, -0.15) is 5.10 Å². The molecule has 1 saturated heterocycles. The summed E-state index contributed by atoms with van der Waals surface area (Å²) < 4.78 is 0. The van der Waals surface area contributed by atoms with Gasteiger partial charge in [-0.3, -0.25) is 4.79 Å². The summed E-state index contributed by atoms with van der Waals surface area (Å²) in [7, 11) is 0. The molecule has 1 aromatic rings. The van der Waals surface area contributed by atoms with Crippen molar-refractivity contribution in [2.45, 2.75) is 12.8 Å². The van der Waals surface area contributed by atoms with Gasteiger partial charge in [0.25, 0.3) is 0 Å². The Balaban J connectivity index is 1.48. The zero-order chi connectivity index (χ0) is 17.9. The zero-order valence-corrected chi connectivity index (χ0v) is 15.1. The first kappa shape index (κ1) is 17.2. The molecule has 0 aromatic carbocycles. The number of rotatable bonds is 4. The number of pyridine rings is 1. The van der Waals surface area contributed by atoms with Gasteiger partial charge < -0.3 is 16.4 Å². The van der Waals surface area contributed by atoms with Crippen LogP contribution in [-0.2, 0) is 4.79 Å². The summed E-state index contributed by atoms with van der Waals surface area (Å²) in [5, 5.41) is 14.4. The van der Waals surface area contributed by atoms with E-state index in [2.05, 4.69) is 26.8 Å². The lowest BCUT2D eigenvalue weighted by Crippen LogP contribution is -2.31. The van der Waals surface area contributed by atoms with Gasteiger partial charge in [0.05, 0.1) is 13.1 Å². The molecule has 0 radical (unpaired) electrons. The second-order valence-corrected chi connectivity index (χ2v) is 7.27. The summed E-state index contributed by atoms with van der Waals surface area (Å²) in [5.74, 6) is 0.740. The fourth-order valence-corrected chi connectivity index (χ4v) is 4.09. The quantitative estimate of drug-likeness (QED) is 0.727. The van der Waals surface area contributed by atoms with Gasteiger partial charge in [0.2, 0.25) is 5.91 Å². The number of hydrogen-bond donors (Lipinski definition) is 3. The first-order valence-corrected chi connectivity index (χ1v) is 9.54. The highest BCUT2D eigenvalue weighted by molar-refractivity contribution is 8.27. The SMILES string of the molecule is NCC(=O)Nc1cc(C2=NN3CC=C(C4CCNCC4)N=C3S2)ccn1. The molecule has 1 aromatic heterocycles. The first-order valence-electron chi connectivity index (χ1n) is 8.73. The molecule has 0 bridgehead atoms. The number of aliphatic imine (C=N–C) groups is 1. The van der Waals surface area contributed by atoms with E-state index in [1.54, 1.807) is 24.0 Å². The Hall–Kier alpha value is -2.23. The lowest BCUT2D eigenvalue weighted by Gasteiger charge is -2.26. The number of hydrazone groups is 1. The number of anilines is 1. The van der Waals surface area contributed by atoms with Crippen LogP contribution in [0.25, 0.3) is 0 Å². The Morgan fingerprint density at radius 1 is 1.42 bits per heavy atom. The van der Waals surface area contributed by atoms with Crippen molar-refractivity contribution in [1.82, 2.24) is 15.3 Å². The molecule has 4 N–H and O–H groups in total. The van der Waals surface area contributed by atoms with Crippen molar-refractivity contribution in [3.05, 3.63) is 35.7 Å². The predicted octanol–water partition coefficient (Wildman–Crippen LogP) is 0.942. The third-order valence-corrected chi connectivity index (χ3v) is 5.53. The summed E-state index contributed by atoms with van der Waals surface area (Å²) in [6.07, 6.45) is 6.11. The van der Waals surface area contributed by atoms with Crippen molar-refractivity contribution in [2.75, 3.05) is 31.5 Å². The number of carbonyl (C=O) groups excluding carboxylic acids is 1. The molecule has 136 valence electrons.